The number of rotatable bonds is 25. The summed E-state index contributed by atoms with van der Waals surface area (Å²) in [7, 11) is 0. The summed E-state index contributed by atoms with van der Waals surface area (Å²) in [5.74, 6) is -2.38. The molecule has 4 aromatic rings. The third-order valence-electron chi connectivity index (χ3n) is 16.0. The molecular weight excluding hydrogens is 1100 g/mol. The number of amides is 3. The van der Waals surface area contributed by atoms with E-state index in [2.05, 4.69) is 20.7 Å². The zero-order valence-corrected chi connectivity index (χ0v) is 48.1. The Balaban J connectivity index is 1.08. The standard InChI is InChI=1S/C61H80N6O18/c1-5-44-53(84-57-38(4)48(69)50(71)45(81-57)31-63-59(73)77-33-40-20-12-7-13-21-40)55(76-29-28-67(27-26-39-18-10-6-11-19-39)61(75)79-35-42-24-16-9-17-25-42)58(80-44)85-54-47(68)36(2)30-43(65-60(74)78-34-41-22-14-8-15-23-41)52(54)83-56-37(3)49(70)51(72)46(82-56)32-64-66-62/h6-25,36-38,43-58,68-72H,5,26-35H2,1-4H3,(H,63,73)(H,65,74)/t36-,37-,38-,43+,44-,45+,46-,47+,48-,49-,50-,51-,52-,53-,54-,55-,56-,57-,58+/m1/s1. The van der Waals surface area contributed by atoms with Gasteiger partial charge in [-0.05, 0) is 53.0 Å². The predicted octanol–water partition coefficient (Wildman–Crippen LogP) is 5.64. The Morgan fingerprint density at radius 3 is 1.65 bits per heavy atom. The second-order valence-electron chi connectivity index (χ2n) is 22.0. The van der Waals surface area contributed by atoms with Gasteiger partial charge in [-0.25, -0.2) is 14.4 Å². The molecule has 462 valence electrons. The van der Waals surface area contributed by atoms with Crippen molar-refractivity contribution < 1.29 is 87.3 Å². The molecule has 3 aliphatic heterocycles. The number of carbonyl (C=O) groups excluding carboxylic acids is 3. The second-order valence-corrected chi connectivity index (χ2v) is 22.0. The molecule has 85 heavy (non-hydrogen) atoms. The molecule has 0 spiro atoms. The van der Waals surface area contributed by atoms with Crippen LogP contribution in [0.25, 0.3) is 10.4 Å². The fourth-order valence-corrected chi connectivity index (χ4v) is 10.9. The van der Waals surface area contributed by atoms with E-state index in [0.717, 1.165) is 22.3 Å². The third-order valence-corrected chi connectivity index (χ3v) is 16.0. The molecule has 3 heterocycles. The van der Waals surface area contributed by atoms with E-state index in [1.807, 2.05) is 104 Å². The van der Waals surface area contributed by atoms with Gasteiger partial charge in [0.25, 0.3) is 0 Å². The number of nitrogens with one attached hydrogen (secondary N) is 2. The van der Waals surface area contributed by atoms with Gasteiger partial charge in [-0.2, -0.15) is 0 Å². The van der Waals surface area contributed by atoms with Gasteiger partial charge in [-0.1, -0.05) is 154 Å². The smallest absolute Gasteiger partial charge is 0.410 e. The summed E-state index contributed by atoms with van der Waals surface area (Å²) < 4.78 is 63.5. The van der Waals surface area contributed by atoms with Crippen LogP contribution in [0.1, 0.15) is 62.8 Å². The maximum atomic E-state index is 14.0. The first kappa shape index (κ1) is 64.5. The zero-order chi connectivity index (χ0) is 60.4. The largest absolute Gasteiger partial charge is 0.445 e. The third kappa shape index (κ3) is 17.6. The van der Waals surface area contributed by atoms with Crippen molar-refractivity contribution in [1.82, 2.24) is 15.5 Å². The van der Waals surface area contributed by atoms with Crippen molar-refractivity contribution in [1.29, 1.82) is 0 Å². The van der Waals surface area contributed by atoms with Crippen LogP contribution in [0.2, 0.25) is 0 Å². The van der Waals surface area contributed by atoms with Gasteiger partial charge in [0.1, 0.15) is 62.5 Å². The summed E-state index contributed by atoms with van der Waals surface area (Å²) in [6, 6.07) is 36.0. The number of aliphatic hydroxyl groups excluding tert-OH is 5. The number of aliphatic hydroxyl groups is 5. The van der Waals surface area contributed by atoms with Crippen LogP contribution in [-0.4, -0.2) is 180 Å². The van der Waals surface area contributed by atoms with E-state index in [1.165, 1.54) is 4.90 Å². The van der Waals surface area contributed by atoms with Gasteiger partial charge in [0.15, 0.2) is 18.9 Å². The van der Waals surface area contributed by atoms with E-state index in [4.69, 9.17) is 52.9 Å². The summed E-state index contributed by atoms with van der Waals surface area (Å²) in [5, 5.41) is 66.5. The maximum Gasteiger partial charge on any atom is 0.410 e. The molecule has 0 radical (unpaired) electrons. The summed E-state index contributed by atoms with van der Waals surface area (Å²) >= 11 is 0. The van der Waals surface area contributed by atoms with Crippen molar-refractivity contribution in [2.45, 2.75) is 165 Å². The lowest BCUT2D eigenvalue weighted by Gasteiger charge is -2.48. The van der Waals surface area contributed by atoms with Crippen molar-refractivity contribution in [3.63, 3.8) is 0 Å². The Morgan fingerprint density at radius 1 is 0.588 bits per heavy atom. The van der Waals surface area contributed by atoms with Crippen molar-refractivity contribution in [3.05, 3.63) is 154 Å². The molecule has 8 rings (SSSR count). The minimum absolute atomic E-state index is 0.00342. The fourth-order valence-electron chi connectivity index (χ4n) is 10.9. The van der Waals surface area contributed by atoms with Crippen molar-refractivity contribution in [2.75, 3.05) is 32.8 Å². The normalized spacial score (nSPS) is 31.8. The van der Waals surface area contributed by atoms with E-state index in [9.17, 15) is 39.9 Å². The average Bonchev–Trinajstić information content (AvgIpc) is 2.84. The number of azide groups is 1. The first-order valence-electron chi connectivity index (χ1n) is 29.0. The van der Waals surface area contributed by atoms with Gasteiger partial charge >= 0.3 is 18.3 Å². The number of nitrogens with zero attached hydrogens (tertiary/aromatic N) is 4. The predicted molar refractivity (Wildman–Crippen MR) is 303 cm³/mol. The van der Waals surface area contributed by atoms with E-state index in [-0.39, 0.29) is 65.4 Å². The highest BCUT2D eigenvalue weighted by Gasteiger charge is 2.55. The first-order valence-corrected chi connectivity index (χ1v) is 29.0. The van der Waals surface area contributed by atoms with Crippen LogP contribution in [0.15, 0.2) is 126 Å². The number of alkyl carbamates (subject to hydrolysis) is 2. The van der Waals surface area contributed by atoms with Crippen LogP contribution in [-0.2, 0) is 73.6 Å². The Hall–Kier alpha value is -6.48. The molecule has 4 aromatic carbocycles. The van der Waals surface area contributed by atoms with Crippen LogP contribution < -0.4 is 10.6 Å². The Bertz CT molecular complexity index is 2720. The number of hydrogen-bond acceptors (Lipinski definition) is 19. The highest BCUT2D eigenvalue weighted by atomic mass is 16.8. The Labute approximate surface area is 494 Å². The SMILES string of the molecule is CC[C@H]1O[C@@H](O[C@@H]2[C@@H](O)[C@H](C)C[C@H](NC(=O)OCc3ccccc3)[C@H]2O[C@H]2O[C@H](CN=[N+]=[N-])[C@@H](O)[C@H](O)[C@H]2C)[C@H](OCCN(CCc2ccccc2)C(=O)OCc2ccccc2)[C@@H]1O[C@H]1O[C@@H](CNC(=O)OCc2ccccc2)[C@@H](O)[C@H](O)[C@H]1C. The number of ether oxygens (including phenoxy) is 10. The van der Waals surface area contributed by atoms with E-state index < -0.39 is 134 Å². The van der Waals surface area contributed by atoms with E-state index in [1.54, 1.807) is 45.0 Å². The highest BCUT2D eigenvalue weighted by molar-refractivity contribution is 5.68. The topological polar surface area (TPSA) is 321 Å². The lowest BCUT2D eigenvalue weighted by Crippen LogP contribution is -2.64. The maximum absolute atomic E-state index is 14.0. The van der Waals surface area contributed by atoms with Crippen molar-refractivity contribution in [2.24, 2.45) is 22.9 Å². The Morgan fingerprint density at radius 2 is 1.08 bits per heavy atom. The molecule has 3 saturated heterocycles. The van der Waals surface area contributed by atoms with Crippen LogP contribution >= 0.6 is 0 Å². The van der Waals surface area contributed by atoms with Crippen molar-refractivity contribution >= 4 is 18.3 Å². The number of hydrogen-bond donors (Lipinski definition) is 7. The zero-order valence-electron chi connectivity index (χ0n) is 48.1. The van der Waals surface area contributed by atoms with Crippen LogP contribution in [0, 0.1) is 17.8 Å². The second kappa shape index (κ2) is 31.8. The molecule has 0 bridgehead atoms. The molecule has 24 nitrogen and oxygen atoms in total. The molecule has 3 amide bonds. The summed E-state index contributed by atoms with van der Waals surface area (Å²) in [6.07, 6.45) is -20.7. The monoisotopic (exact) mass is 1180 g/mol. The molecule has 1 saturated carbocycles. The minimum Gasteiger partial charge on any atom is -0.445 e. The molecule has 0 unspecified atom stereocenters. The molecule has 19 atom stereocenters. The quantitative estimate of drug-likeness (QED) is 0.0183. The molecule has 0 aromatic heterocycles. The van der Waals surface area contributed by atoms with Crippen LogP contribution in [0.3, 0.4) is 0 Å². The summed E-state index contributed by atoms with van der Waals surface area (Å²) in [4.78, 5) is 45.0. The van der Waals surface area contributed by atoms with Gasteiger partial charge in [-0.3, -0.25) is 0 Å². The lowest BCUT2D eigenvalue weighted by molar-refractivity contribution is -0.321. The molecule has 4 fully saturated rings. The van der Waals surface area contributed by atoms with Gasteiger partial charge in [-0.15, -0.1) is 0 Å². The van der Waals surface area contributed by atoms with Crippen LogP contribution in [0.5, 0.6) is 0 Å². The molecule has 24 heteroatoms. The molecular formula is C61H80N6O18. The van der Waals surface area contributed by atoms with Gasteiger partial charge in [0.05, 0.1) is 49.7 Å². The van der Waals surface area contributed by atoms with Gasteiger partial charge in [0, 0.05) is 36.4 Å². The van der Waals surface area contributed by atoms with E-state index >= 15 is 0 Å². The molecule has 7 N–H and O–H groups in total. The summed E-state index contributed by atoms with van der Waals surface area (Å²) in [6.45, 7) is 6.19. The first-order chi connectivity index (χ1) is 41.1. The number of benzene rings is 4. The minimum atomic E-state index is -1.47. The summed E-state index contributed by atoms with van der Waals surface area (Å²) in [5.41, 5.74) is 12.4. The fraction of sp³-hybridized carbons (Fsp3) is 0.557. The highest BCUT2D eigenvalue weighted by Crippen LogP contribution is 2.40. The van der Waals surface area contributed by atoms with Gasteiger partial charge in [0.2, 0.25) is 0 Å². The van der Waals surface area contributed by atoms with E-state index in [0.29, 0.717) is 6.42 Å². The molecule has 1 aliphatic carbocycles. The lowest BCUT2D eigenvalue weighted by atomic mass is 9.80. The van der Waals surface area contributed by atoms with Crippen molar-refractivity contribution in [3.8, 4) is 0 Å². The number of carbonyl (C=O) groups is 3. The molecule has 4 aliphatic rings. The average molecular weight is 1190 g/mol. The van der Waals surface area contributed by atoms with Gasteiger partial charge < -0.3 is 88.4 Å². The van der Waals surface area contributed by atoms with Crippen LogP contribution in [0.4, 0.5) is 14.4 Å². The Kier molecular flexibility index (Phi) is 24.1.